The molecule has 0 aliphatic carbocycles. The van der Waals surface area contributed by atoms with Crippen LogP contribution in [0.1, 0.15) is 47.2 Å². The van der Waals surface area contributed by atoms with Crippen molar-refractivity contribution in [2.24, 2.45) is 5.92 Å². The highest BCUT2D eigenvalue weighted by Crippen LogP contribution is 2.27. The average molecular weight is 547 g/mol. The first-order valence-corrected chi connectivity index (χ1v) is 13.1. The van der Waals surface area contributed by atoms with E-state index in [0.717, 1.165) is 16.8 Å². The first kappa shape index (κ1) is 27.8. The van der Waals surface area contributed by atoms with Gasteiger partial charge >= 0.3 is 0 Å². The highest BCUT2D eigenvalue weighted by Gasteiger charge is 2.27. The van der Waals surface area contributed by atoms with E-state index >= 15 is 0 Å². The van der Waals surface area contributed by atoms with Crippen LogP contribution in [0.25, 0.3) is 0 Å². The molecule has 0 radical (unpaired) electrons. The Morgan fingerprint density at radius 1 is 1.14 bits per heavy atom. The van der Waals surface area contributed by atoms with E-state index in [9.17, 15) is 9.59 Å². The number of benzene rings is 2. The van der Waals surface area contributed by atoms with E-state index in [1.165, 1.54) is 17.8 Å². The Morgan fingerprint density at radius 2 is 1.89 bits per heavy atom. The van der Waals surface area contributed by atoms with Crippen LogP contribution in [0.4, 0.5) is 5.69 Å². The van der Waals surface area contributed by atoms with E-state index in [2.05, 4.69) is 27.4 Å². The van der Waals surface area contributed by atoms with Gasteiger partial charge in [0.25, 0.3) is 5.91 Å². The molecule has 0 saturated heterocycles. The van der Waals surface area contributed by atoms with E-state index in [1.54, 1.807) is 18.2 Å². The molecule has 1 aromatic heterocycles. The first-order chi connectivity index (χ1) is 17.1. The summed E-state index contributed by atoms with van der Waals surface area (Å²) in [5.41, 5.74) is 3.24. The standard InChI is InChI=1S/C26H29Cl2N5O2S/c1-6-11-33-24(23(15(2)3)30-25(35)19-9-8-18(27)13-20(19)28)31-32-26(33)36-14-22(34)29-21-10-7-16(4)12-17(21)5/h6-10,12-13,15,23H,1,11,14H2,2-5H3,(H,29,34)(H,30,35)/t23-/m0/s1. The molecule has 2 aromatic carbocycles. The van der Waals surface area contributed by atoms with Crippen molar-refractivity contribution in [1.82, 2.24) is 20.1 Å². The number of nitrogens with one attached hydrogen (secondary N) is 2. The summed E-state index contributed by atoms with van der Waals surface area (Å²) in [6.45, 7) is 12.2. The molecule has 36 heavy (non-hydrogen) atoms. The third kappa shape index (κ3) is 6.90. The quantitative estimate of drug-likeness (QED) is 0.232. The van der Waals surface area contributed by atoms with Gasteiger partial charge in [-0.25, -0.2) is 0 Å². The van der Waals surface area contributed by atoms with Crippen molar-refractivity contribution in [3.05, 3.63) is 81.6 Å². The maximum absolute atomic E-state index is 13.0. The topological polar surface area (TPSA) is 88.9 Å². The third-order valence-electron chi connectivity index (χ3n) is 5.45. The van der Waals surface area contributed by atoms with Gasteiger partial charge in [-0.1, -0.05) is 72.6 Å². The second-order valence-electron chi connectivity index (χ2n) is 8.71. The van der Waals surface area contributed by atoms with Gasteiger partial charge in [0.1, 0.15) is 0 Å². The molecule has 0 saturated carbocycles. The lowest BCUT2D eigenvalue weighted by Gasteiger charge is -2.23. The van der Waals surface area contributed by atoms with Crippen molar-refractivity contribution in [3.63, 3.8) is 0 Å². The van der Waals surface area contributed by atoms with Gasteiger partial charge in [0.15, 0.2) is 11.0 Å². The number of halogens is 2. The Labute approximate surface area is 225 Å². The fourth-order valence-corrected chi connectivity index (χ4v) is 4.88. The van der Waals surface area contributed by atoms with Crippen LogP contribution in [0.2, 0.25) is 10.0 Å². The monoisotopic (exact) mass is 545 g/mol. The van der Waals surface area contributed by atoms with E-state index in [4.69, 9.17) is 23.2 Å². The number of hydrogen-bond donors (Lipinski definition) is 2. The van der Waals surface area contributed by atoms with E-state index < -0.39 is 6.04 Å². The Kier molecular flexibility index (Phi) is 9.59. The minimum Gasteiger partial charge on any atom is -0.342 e. The molecule has 190 valence electrons. The SMILES string of the molecule is C=CCn1c(SCC(=O)Nc2ccc(C)cc2C)nnc1[C@@H](NC(=O)c1ccc(Cl)cc1Cl)C(C)C. The number of hydrogen-bond acceptors (Lipinski definition) is 5. The zero-order valence-electron chi connectivity index (χ0n) is 20.6. The summed E-state index contributed by atoms with van der Waals surface area (Å²) in [4.78, 5) is 25.6. The lowest BCUT2D eigenvalue weighted by atomic mass is 10.0. The molecule has 0 fully saturated rings. The maximum atomic E-state index is 13.0. The summed E-state index contributed by atoms with van der Waals surface area (Å²) in [7, 11) is 0. The van der Waals surface area contributed by atoms with Crippen LogP contribution in [-0.2, 0) is 11.3 Å². The average Bonchev–Trinajstić information content (AvgIpc) is 3.20. The van der Waals surface area contributed by atoms with Gasteiger partial charge in [-0.3, -0.25) is 9.59 Å². The number of amides is 2. The predicted octanol–water partition coefficient (Wildman–Crippen LogP) is 6.25. The lowest BCUT2D eigenvalue weighted by Crippen LogP contribution is -2.34. The van der Waals surface area contributed by atoms with Gasteiger partial charge < -0.3 is 15.2 Å². The number of aromatic nitrogens is 3. The van der Waals surface area contributed by atoms with E-state index in [1.807, 2.05) is 50.5 Å². The number of rotatable bonds is 10. The van der Waals surface area contributed by atoms with Gasteiger partial charge in [0, 0.05) is 17.3 Å². The van der Waals surface area contributed by atoms with Gasteiger partial charge in [0.05, 0.1) is 22.4 Å². The summed E-state index contributed by atoms with van der Waals surface area (Å²) >= 11 is 13.5. The lowest BCUT2D eigenvalue weighted by molar-refractivity contribution is -0.113. The molecule has 0 unspecified atom stereocenters. The number of carbonyl (C=O) groups is 2. The van der Waals surface area contributed by atoms with Gasteiger partial charge in [0.2, 0.25) is 5.91 Å². The zero-order valence-corrected chi connectivity index (χ0v) is 23.0. The molecule has 7 nitrogen and oxygen atoms in total. The van der Waals surface area contributed by atoms with Crippen LogP contribution in [0.3, 0.4) is 0 Å². The predicted molar refractivity (Wildman–Crippen MR) is 147 cm³/mol. The Balaban J connectivity index is 1.77. The normalized spacial score (nSPS) is 11.9. The number of anilines is 1. The number of allylic oxidation sites excluding steroid dienone is 1. The van der Waals surface area contributed by atoms with Crippen LogP contribution in [0, 0.1) is 19.8 Å². The second kappa shape index (κ2) is 12.4. The number of carbonyl (C=O) groups excluding carboxylic acids is 2. The number of nitrogens with zero attached hydrogens (tertiary/aromatic N) is 3. The van der Waals surface area contributed by atoms with Crippen LogP contribution in [0.15, 0.2) is 54.2 Å². The molecule has 0 aliphatic heterocycles. The summed E-state index contributed by atoms with van der Waals surface area (Å²) in [6.07, 6.45) is 1.72. The molecule has 0 aliphatic rings. The molecule has 0 spiro atoms. The largest absolute Gasteiger partial charge is 0.342 e. The van der Waals surface area contributed by atoms with Gasteiger partial charge in [-0.05, 0) is 49.6 Å². The smallest absolute Gasteiger partial charge is 0.253 e. The minimum absolute atomic E-state index is 0.00143. The van der Waals surface area contributed by atoms with Crippen LogP contribution in [0.5, 0.6) is 0 Å². The van der Waals surface area contributed by atoms with Crippen LogP contribution >= 0.6 is 35.0 Å². The van der Waals surface area contributed by atoms with E-state index in [0.29, 0.717) is 28.1 Å². The molecule has 2 N–H and O–H groups in total. The fraction of sp³-hybridized carbons (Fsp3) is 0.308. The third-order valence-corrected chi connectivity index (χ3v) is 6.97. The van der Waals surface area contributed by atoms with Crippen molar-refractivity contribution in [2.45, 2.75) is 45.4 Å². The molecule has 2 amide bonds. The van der Waals surface area contributed by atoms with Crippen LogP contribution in [-0.4, -0.2) is 32.3 Å². The molecule has 3 rings (SSSR count). The Bertz CT molecular complexity index is 1280. The first-order valence-electron chi connectivity index (χ1n) is 11.4. The fourth-order valence-electron chi connectivity index (χ4n) is 3.63. The van der Waals surface area contributed by atoms with Crippen molar-refractivity contribution >= 4 is 52.5 Å². The van der Waals surface area contributed by atoms with Crippen molar-refractivity contribution in [3.8, 4) is 0 Å². The summed E-state index contributed by atoms with van der Waals surface area (Å²) < 4.78 is 1.86. The zero-order chi connectivity index (χ0) is 26.4. The molecule has 10 heteroatoms. The Morgan fingerprint density at radius 3 is 2.53 bits per heavy atom. The number of aryl methyl sites for hydroxylation is 2. The van der Waals surface area contributed by atoms with Gasteiger partial charge in [-0.2, -0.15) is 0 Å². The highest BCUT2D eigenvalue weighted by molar-refractivity contribution is 7.99. The molecule has 3 aromatic rings. The molecular formula is C26H29Cl2N5O2S. The van der Waals surface area contributed by atoms with Gasteiger partial charge in [-0.15, -0.1) is 16.8 Å². The highest BCUT2D eigenvalue weighted by atomic mass is 35.5. The van der Waals surface area contributed by atoms with Crippen LogP contribution < -0.4 is 10.6 Å². The molecule has 0 bridgehead atoms. The maximum Gasteiger partial charge on any atom is 0.253 e. The number of thioether (sulfide) groups is 1. The molecular weight excluding hydrogens is 517 g/mol. The summed E-state index contributed by atoms with van der Waals surface area (Å²) in [5, 5.41) is 15.9. The molecule has 1 heterocycles. The molecule has 1 atom stereocenters. The summed E-state index contributed by atoms with van der Waals surface area (Å²) in [5.74, 6) is 0.235. The second-order valence-corrected chi connectivity index (χ2v) is 10.5. The van der Waals surface area contributed by atoms with E-state index in [-0.39, 0.29) is 28.5 Å². The Hall–Kier alpha value is -2.81. The van der Waals surface area contributed by atoms with Crippen molar-refractivity contribution in [1.29, 1.82) is 0 Å². The van der Waals surface area contributed by atoms with Crippen molar-refractivity contribution < 1.29 is 9.59 Å². The minimum atomic E-state index is -0.449. The van der Waals surface area contributed by atoms with Crippen molar-refractivity contribution in [2.75, 3.05) is 11.1 Å². The summed E-state index contributed by atoms with van der Waals surface area (Å²) in [6, 6.07) is 10.2.